The van der Waals surface area contributed by atoms with E-state index in [0.717, 1.165) is 42.4 Å². The van der Waals surface area contributed by atoms with Gasteiger partial charge in [-0.15, -0.1) is 10.2 Å². The predicted molar refractivity (Wildman–Crippen MR) is 104 cm³/mol. The number of anilines is 2. The first-order valence-electron chi connectivity index (χ1n) is 9.33. The van der Waals surface area contributed by atoms with Gasteiger partial charge in [-0.2, -0.15) is 0 Å². The molecule has 0 aliphatic carbocycles. The Morgan fingerprint density at radius 2 is 2.07 bits per heavy atom. The van der Waals surface area contributed by atoms with Crippen molar-refractivity contribution in [1.29, 1.82) is 0 Å². The molecular formula is C20H23N5O2. The summed E-state index contributed by atoms with van der Waals surface area (Å²) in [5.41, 5.74) is 1.60. The first-order valence-corrected chi connectivity index (χ1v) is 9.33. The summed E-state index contributed by atoms with van der Waals surface area (Å²) in [5.74, 6) is 1.56. The van der Waals surface area contributed by atoms with Crippen molar-refractivity contribution >= 4 is 23.2 Å². The number of amides is 1. The van der Waals surface area contributed by atoms with E-state index < -0.39 is 0 Å². The molecule has 1 fully saturated rings. The molecule has 7 heteroatoms. The Morgan fingerprint density at radius 3 is 2.89 bits per heavy atom. The predicted octanol–water partition coefficient (Wildman–Crippen LogP) is 2.98. The summed E-state index contributed by atoms with van der Waals surface area (Å²) < 4.78 is 7.40. The van der Waals surface area contributed by atoms with Crippen molar-refractivity contribution in [3.05, 3.63) is 48.7 Å². The Labute approximate surface area is 158 Å². The number of rotatable bonds is 5. The van der Waals surface area contributed by atoms with Crippen molar-refractivity contribution in [2.75, 3.05) is 29.9 Å². The summed E-state index contributed by atoms with van der Waals surface area (Å²) in [6.45, 7) is 4.09. The molecule has 3 heterocycles. The highest BCUT2D eigenvalue weighted by Crippen LogP contribution is 2.24. The molecule has 1 N–H and O–H groups in total. The van der Waals surface area contributed by atoms with E-state index in [4.69, 9.17) is 4.74 Å². The first kappa shape index (κ1) is 17.3. The number of aromatic nitrogens is 3. The molecule has 0 spiro atoms. The lowest BCUT2D eigenvalue weighted by Crippen LogP contribution is -2.41. The van der Waals surface area contributed by atoms with Crippen LogP contribution in [-0.4, -0.2) is 40.2 Å². The van der Waals surface area contributed by atoms with Crippen LogP contribution in [0.25, 0.3) is 5.65 Å². The van der Waals surface area contributed by atoms with Gasteiger partial charge in [0.15, 0.2) is 5.65 Å². The molecule has 1 amide bonds. The molecule has 1 aliphatic rings. The van der Waals surface area contributed by atoms with Crippen LogP contribution in [0.15, 0.2) is 48.7 Å². The van der Waals surface area contributed by atoms with Crippen LogP contribution in [0.3, 0.4) is 0 Å². The van der Waals surface area contributed by atoms with Gasteiger partial charge in [0.25, 0.3) is 0 Å². The number of hydrogen-bond donors (Lipinski definition) is 1. The van der Waals surface area contributed by atoms with Gasteiger partial charge >= 0.3 is 0 Å². The lowest BCUT2D eigenvalue weighted by molar-refractivity contribution is -0.120. The average molecular weight is 365 g/mol. The largest absolute Gasteiger partial charge is 0.494 e. The maximum atomic E-state index is 12.7. The summed E-state index contributed by atoms with van der Waals surface area (Å²) in [5, 5.41) is 11.6. The zero-order valence-electron chi connectivity index (χ0n) is 15.3. The minimum absolute atomic E-state index is 0.0395. The number of nitrogens with one attached hydrogen (secondary N) is 1. The summed E-state index contributed by atoms with van der Waals surface area (Å²) in [6.07, 6.45) is 3.77. The molecular weight excluding hydrogens is 342 g/mol. The third kappa shape index (κ3) is 3.72. The maximum absolute atomic E-state index is 12.7. The van der Waals surface area contributed by atoms with Crippen LogP contribution in [0.1, 0.15) is 19.8 Å². The molecule has 27 heavy (non-hydrogen) atoms. The van der Waals surface area contributed by atoms with Crippen LogP contribution in [0.5, 0.6) is 5.75 Å². The first-order chi connectivity index (χ1) is 13.2. The van der Waals surface area contributed by atoms with Crippen molar-refractivity contribution in [2.24, 2.45) is 5.92 Å². The fourth-order valence-corrected chi connectivity index (χ4v) is 3.46. The maximum Gasteiger partial charge on any atom is 0.231 e. The molecule has 1 saturated heterocycles. The summed E-state index contributed by atoms with van der Waals surface area (Å²) in [7, 11) is 0. The van der Waals surface area contributed by atoms with Crippen molar-refractivity contribution in [2.45, 2.75) is 19.8 Å². The van der Waals surface area contributed by atoms with Gasteiger partial charge in [0.1, 0.15) is 5.75 Å². The molecule has 4 rings (SSSR count). The van der Waals surface area contributed by atoms with Gasteiger partial charge in [-0.05, 0) is 56.2 Å². The molecule has 7 nitrogen and oxygen atoms in total. The molecule has 0 unspecified atom stereocenters. The van der Waals surface area contributed by atoms with Crippen LogP contribution in [0.2, 0.25) is 0 Å². The minimum atomic E-state index is -0.0821. The van der Waals surface area contributed by atoms with Gasteiger partial charge in [0.2, 0.25) is 11.9 Å². The summed E-state index contributed by atoms with van der Waals surface area (Å²) in [6, 6.07) is 13.3. The fourth-order valence-electron chi connectivity index (χ4n) is 3.46. The van der Waals surface area contributed by atoms with E-state index in [-0.39, 0.29) is 11.8 Å². The van der Waals surface area contributed by atoms with Crippen LogP contribution < -0.4 is 15.0 Å². The number of benzene rings is 1. The Kier molecular flexibility index (Phi) is 4.91. The second-order valence-electron chi connectivity index (χ2n) is 6.66. The van der Waals surface area contributed by atoms with Gasteiger partial charge in [-0.25, -0.2) is 0 Å². The van der Waals surface area contributed by atoms with Crippen molar-refractivity contribution in [3.8, 4) is 5.75 Å². The highest BCUT2D eigenvalue weighted by Gasteiger charge is 2.28. The van der Waals surface area contributed by atoms with Gasteiger partial charge < -0.3 is 15.0 Å². The third-order valence-electron chi connectivity index (χ3n) is 4.80. The van der Waals surface area contributed by atoms with E-state index >= 15 is 0 Å². The molecule has 2 aromatic heterocycles. The van der Waals surface area contributed by atoms with Crippen LogP contribution >= 0.6 is 0 Å². The van der Waals surface area contributed by atoms with Crippen LogP contribution in [0.4, 0.5) is 11.6 Å². The zero-order chi connectivity index (χ0) is 18.6. The number of fused-ring (bicyclic) bond motifs is 1. The Hall–Kier alpha value is -3.09. The minimum Gasteiger partial charge on any atom is -0.494 e. The van der Waals surface area contributed by atoms with E-state index in [0.29, 0.717) is 13.2 Å². The van der Waals surface area contributed by atoms with Crippen molar-refractivity contribution < 1.29 is 9.53 Å². The Morgan fingerprint density at radius 1 is 1.22 bits per heavy atom. The molecule has 1 atom stereocenters. The van der Waals surface area contributed by atoms with Crippen LogP contribution in [0, 0.1) is 5.92 Å². The number of ether oxygens (including phenoxy) is 1. The van der Waals surface area contributed by atoms with Crippen molar-refractivity contribution in [1.82, 2.24) is 14.6 Å². The Bertz CT molecular complexity index is 922. The molecule has 0 saturated carbocycles. The van der Waals surface area contributed by atoms with E-state index in [1.807, 2.05) is 60.0 Å². The smallest absolute Gasteiger partial charge is 0.231 e. The standard InChI is InChI=1S/C20H23N5O2/c1-2-27-17-10-8-16(9-11-17)21-19(26)15-6-5-12-24(14-15)20-23-22-18-7-3-4-13-25(18)20/h3-4,7-11,13,15H,2,5-6,12,14H2,1H3,(H,21,26)/t15-/m0/s1. The lowest BCUT2D eigenvalue weighted by atomic mass is 9.97. The van der Waals surface area contributed by atoms with Crippen molar-refractivity contribution in [3.63, 3.8) is 0 Å². The fraction of sp³-hybridized carbons (Fsp3) is 0.350. The van der Waals surface area contributed by atoms with Gasteiger partial charge in [0.05, 0.1) is 12.5 Å². The Balaban J connectivity index is 1.43. The average Bonchev–Trinajstić information content (AvgIpc) is 3.14. The SMILES string of the molecule is CCOc1ccc(NC(=O)[C@H]2CCCN(c3nnc4ccccn34)C2)cc1. The zero-order valence-corrected chi connectivity index (χ0v) is 15.3. The van der Waals surface area contributed by atoms with E-state index in [1.165, 1.54) is 0 Å². The molecule has 1 aliphatic heterocycles. The quantitative estimate of drug-likeness (QED) is 0.753. The third-order valence-corrected chi connectivity index (χ3v) is 4.80. The van der Waals surface area contributed by atoms with Gasteiger partial charge in [0, 0.05) is 25.0 Å². The number of piperidine rings is 1. The number of carbonyl (C=O) groups is 1. The summed E-state index contributed by atoms with van der Waals surface area (Å²) in [4.78, 5) is 14.9. The van der Waals surface area contributed by atoms with E-state index in [2.05, 4.69) is 20.4 Å². The van der Waals surface area contributed by atoms with E-state index in [9.17, 15) is 4.79 Å². The normalized spacial score (nSPS) is 17.1. The second kappa shape index (κ2) is 7.65. The number of hydrogen-bond acceptors (Lipinski definition) is 5. The van der Waals surface area contributed by atoms with Gasteiger partial charge in [-0.3, -0.25) is 9.20 Å². The number of nitrogens with zero attached hydrogens (tertiary/aromatic N) is 4. The van der Waals surface area contributed by atoms with Crippen LogP contribution in [-0.2, 0) is 4.79 Å². The molecule has 140 valence electrons. The lowest BCUT2D eigenvalue weighted by Gasteiger charge is -2.32. The topological polar surface area (TPSA) is 71.8 Å². The molecule has 0 radical (unpaired) electrons. The van der Waals surface area contributed by atoms with Gasteiger partial charge in [-0.1, -0.05) is 6.07 Å². The molecule has 1 aromatic carbocycles. The second-order valence-corrected chi connectivity index (χ2v) is 6.66. The molecule has 0 bridgehead atoms. The summed E-state index contributed by atoms with van der Waals surface area (Å²) >= 11 is 0. The molecule has 3 aromatic rings. The highest BCUT2D eigenvalue weighted by atomic mass is 16.5. The van der Waals surface area contributed by atoms with E-state index in [1.54, 1.807) is 0 Å². The monoisotopic (exact) mass is 365 g/mol. The highest BCUT2D eigenvalue weighted by molar-refractivity contribution is 5.93. The number of pyridine rings is 1. The number of carbonyl (C=O) groups excluding carboxylic acids is 1.